The SMILES string of the molecule is N=CCCOCCO. The summed E-state index contributed by atoms with van der Waals surface area (Å²) in [6.45, 7) is 0.996. The normalized spacial score (nSPS) is 9.12. The van der Waals surface area contributed by atoms with Crippen LogP contribution >= 0.6 is 0 Å². The molecule has 0 aromatic carbocycles. The van der Waals surface area contributed by atoms with E-state index in [1.807, 2.05) is 0 Å². The average Bonchev–Trinajstić information content (AvgIpc) is 1.81. The highest BCUT2D eigenvalue weighted by molar-refractivity contribution is 5.52. The van der Waals surface area contributed by atoms with Gasteiger partial charge in [-0.15, -0.1) is 0 Å². The number of ether oxygens (including phenoxy) is 1. The predicted octanol–water partition coefficient (Wildman–Crippen LogP) is 0.0350. The van der Waals surface area contributed by atoms with Gasteiger partial charge in [0.25, 0.3) is 0 Å². The molecule has 3 nitrogen and oxygen atoms in total. The van der Waals surface area contributed by atoms with Crippen LogP contribution in [0.15, 0.2) is 0 Å². The molecule has 0 saturated heterocycles. The Morgan fingerprint density at radius 2 is 2.25 bits per heavy atom. The van der Waals surface area contributed by atoms with Crippen LogP contribution in [0.25, 0.3) is 0 Å². The summed E-state index contributed by atoms with van der Waals surface area (Å²) in [7, 11) is 0. The first-order valence-corrected chi connectivity index (χ1v) is 2.59. The maximum Gasteiger partial charge on any atom is 0.0697 e. The van der Waals surface area contributed by atoms with Gasteiger partial charge < -0.3 is 15.3 Å². The quantitative estimate of drug-likeness (QED) is 0.394. The molecule has 0 saturated carbocycles. The van der Waals surface area contributed by atoms with Gasteiger partial charge in [0.05, 0.1) is 19.8 Å². The molecular formula is C5H11NO2. The second-order valence-electron chi connectivity index (χ2n) is 1.33. The van der Waals surface area contributed by atoms with E-state index in [0.29, 0.717) is 19.6 Å². The Bertz CT molecular complexity index is 56.4. The van der Waals surface area contributed by atoms with Crippen molar-refractivity contribution in [3.63, 3.8) is 0 Å². The third-order valence-corrected chi connectivity index (χ3v) is 0.642. The van der Waals surface area contributed by atoms with Gasteiger partial charge in [0, 0.05) is 6.42 Å². The molecule has 0 aromatic rings. The summed E-state index contributed by atoms with van der Waals surface area (Å²) < 4.78 is 4.82. The lowest BCUT2D eigenvalue weighted by Crippen LogP contribution is -2.00. The number of hydrogen-bond donors (Lipinski definition) is 2. The van der Waals surface area contributed by atoms with Gasteiger partial charge >= 0.3 is 0 Å². The Kier molecular flexibility index (Phi) is 6.25. The molecule has 0 aliphatic rings. The van der Waals surface area contributed by atoms with Crippen molar-refractivity contribution in [2.45, 2.75) is 6.42 Å². The third kappa shape index (κ3) is 5.59. The summed E-state index contributed by atoms with van der Waals surface area (Å²) in [5.41, 5.74) is 0. The van der Waals surface area contributed by atoms with Gasteiger partial charge in [-0.25, -0.2) is 0 Å². The fourth-order valence-corrected chi connectivity index (χ4v) is 0.309. The molecule has 0 unspecified atom stereocenters. The van der Waals surface area contributed by atoms with Crippen LogP contribution < -0.4 is 0 Å². The first kappa shape index (κ1) is 7.59. The minimum atomic E-state index is 0.0675. The van der Waals surface area contributed by atoms with Gasteiger partial charge in [-0.3, -0.25) is 0 Å². The Morgan fingerprint density at radius 3 is 2.75 bits per heavy atom. The van der Waals surface area contributed by atoms with Crippen LogP contribution in [0.5, 0.6) is 0 Å². The standard InChI is InChI=1S/C5H11NO2/c6-2-1-4-8-5-3-7/h2,6-7H,1,3-5H2. The van der Waals surface area contributed by atoms with Crippen LogP contribution in [0.3, 0.4) is 0 Å². The summed E-state index contributed by atoms with van der Waals surface area (Å²) in [5, 5.41) is 14.8. The van der Waals surface area contributed by atoms with Crippen LogP contribution in [-0.4, -0.2) is 31.1 Å². The van der Waals surface area contributed by atoms with E-state index < -0.39 is 0 Å². The third-order valence-electron chi connectivity index (χ3n) is 0.642. The highest BCUT2D eigenvalue weighted by Gasteiger charge is 1.81. The first-order chi connectivity index (χ1) is 3.91. The maximum absolute atomic E-state index is 8.18. The molecule has 0 amide bonds. The lowest BCUT2D eigenvalue weighted by Gasteiger charge is -1.95. The van der Waals surface area contributed by atoms with Crippen LogP contribution in [0, 0.1) is 5.41 Å². The molecule has 0 heterocycles. The Morgan fingerprint density at radius 1 is 1.50 bits per heavy atom. The minimum absolute atomic E-state index is 0.0675. The van der Waals surface area contributed by atoms with Gasteiger partial charge in [-0.1, -0.05) is 0 Å². The van der Waals surface area contributed by atoms with E-state index in [4.69, 9.17) is 15.3 Å². The van der Waals surface area contributed by atoms with Crippen molar-refractivity contribution >= 4 is 6.21 Å². The fraction of sp³-hybridized carbons (Fsp3) is 0.800. The smallest absolute Gasteiger partial charge is 0.0697 e. The summed E-state index contributed by atoms with van der Waals surface area (Å²) in [4.78, 5) is 0. The highest BCUT2D eigenvalue weighted by atomic mass is 16.5. The van der Waals surface area contributed by atoms with Gasteiger partial charge in [0.2, 0.25) is 0 Å². The van der Waals surface area contributed by atoms with Gasteiger partial charge in [-0.2, -0.15) is 0 Å². The van der Waals surface area contributed by atoms with E-state index in [-0.39, 0.29) is 6.61 Å². The molecule has 0 aromatic heterocycles. The number of aliphatic hydroxyl groups is 1. The number of aliphatic hydroxyl groups excluding tert-OH is 1. The number of rotatable bonds is 5. The molecular weight excluding hydrogens is 106 g/mol. The van der Waals surface area contributed by atoms with E-state index in [9.17, 15) is 0 Å². The van der Waals surface area contributed by atoms with E-state index >= 15 is 0 Å². The fourth-order valence-electron chi connectivity index (χ4n) is 0.309. The molecule has 0 bridgehead atoms. The zero-order valence-electron chi connectivity index (χ0n) is 4.76. The van der Waals surface area contributed by atoms with Crippen molar-refractivity contribution in [2.24, 2.45) is 0 Å². The van der Waals surface area contributed by atoms with E-state index in [0.717, 1.165) is 0 Å². The highest BCUT2D eigenvalue weighted by Crippen LogP contribution is 1.75. The summed E-state index contributed by atoms with van der Waals surface area (Å²) in [6.07, 6.45) is 1.93. The largest absolute Gasteiger partial charge is 0.394 e. The van der Waals surface area contributed by atoms with Crippen LogP contribution in [0.4, 0.5) is 0 Å². The van der Waals surface area contributed by atoms with Crippen LogP contribution in [0.1, 0.15) is 6.42 Å². The average molecular weight is 117 g/mol. The molecule has 0 aliphatic carbocycles. The Balaban J connectivity index is 2.62. The molecule has 48 valence electrons. The zero-order valence-corrected chi connectivity index (χ0v) is 4.76. The van der Waals surface area contributed by atoms with Gasteiger partial charge in [-0.05, 0) is 6.21 Å². The van der Waals surface area contributed by atoms with Gasteiger partial charge in [0.15, 0.2) is 0 Å². The molecule has 0 radical (unpaired) electrons. The maximum atomic E-state index is 8.18. The monoisotopic (exact) mass is 117 g/mol. The summed E-state index contributed by atoms with van der Waals surface area (Å²) in [6, 6.07) is 0. The van der Waals surface area contributed by atoms with Gasteiger partial charge in [0.1, 0.15) is 0 Å². The number of hydrogen-bond acceptors (Lipinski definition) is 3. The topological polar surface area (TPSA) is 53.3 Å². The van der Waals surface area contributed by atoms with Crippen molar-refractivity contribution in [2.75, 3.05) is 19.8 Å². The molecule has 3 heteroatoms. The molecule has 0 spiro atoms. The molecule has 8 heavy (non-hydrogen) atoms. The summed E-state index contributed by atoms with van der Waals surface area (Å²) >= 11 is 0. The van der Waals surface area contributed by atoms with Crippen LogP contribution in [0.2, 0.25) is 0 Å². The molecule has 2 N–H and O–H groups in total. The molecule has 0 fully saturated rings. The van der Waals surface area contributed by atoms with Crippen molar-refractivity contribution in [3.05, 3.63) is 0 Å². The first-order valence-electron chi connectivity index (χ1n) is 2.59. The van der Waals surface area contributed by atoms with E-state index in [1.54, 1.807) is 0 Å². The summed E-state index contributed by atoms with van der Waals surface area (Å²) in [5.74, 6) is 0. The van der Waals surface area contributed by atoms with Crippen molar-refractivity contribution in [1.29, 1.82) is 5.41 Å². The predicted molar refractivity (Wildman–Crippen MR) is 31.3 cm³/mol. The minimum Gasteiger partial charge on any atom is -0.394 e. The molecule has 0 rings (SSSR count). The van der Waals surface area contributed by atoms with Crippen molar-refractivity contribution < 1.29 is 9.84 Å². The number of nitrogens with one attached hydrogen (secondary N) is 1. The Hall–Kier alpha value is -0.410. The van der Waals surface area contributed by atoms with E-state index in [2.05, 4.69) is 0 Å². The van der Waals surface area contributed by atoms with Crippen LogP contribution in [-0.2, 0) is 4.74 Å². The van der Waals surface area contributed by atoms with Crippen molar-refractivity contribution in [3.8, 4) is 0 Å². The lowest BCUT2D eigenvalue weighted by molar-refractivity contribution is 0.0975. The second kappa shape index (κ2) is 6.59. The lowest BCUT2D eigenvalue weighted by atomic mass is 10.5. The van der Waals surface area contributed by atoms with E-state index in [1.165, 1.54) is 6.21 Å². The molecule has 0 aliphatic heterocycles. The molecule has 0 atom stereocenters. The second-order valence-corrected chi connectivity index (χ2v) is 1.33. The Labute approximate surface area is 48.8 Å². The zero-order chi connectivity index (χ0) is 6.24. The van der Waals surface area contributed by atoms with Crippen molar-refractivity contribution in [1.82, 2.24) is 0 Å².